The van der Waals surface area contributed by atoms with Gasteiger partial charge in [0, 0.05) is 29.2 Å². The second-order valence-corrected chi connectivity index (χ2v) is 11.0. The number of benzene rings is 3. The number of aromatic nitrogens is 2. The van der Waals surface area contributed by atoms with Gasteiger partial charge in [0.2, 0.25) is 5.91 Å². The van der Waals surface area contributed by atoms with Crippen molar-refractivity contribution < 1.29 is 31.9 Å². The number of likely N-dealkylation sites (N-methyl/N-ethyl adjacent to an activating group) is 1. The van der Waals surface area contributed by atoms with Crippen molar-refractivity contribution in [1.29, 1.82) is 0 Å². The Labute approximate surface area is 261 Å². The zero-order valence-corrected chi connectivity index (χ0v) is 24.6. The summed E-state index contributed by atoms with van der Waals surface area (Å²) in [6.45, 7) is 1.89. The van der Waals surface area contributed by atoms with E-state index in [0.717, 1.165) is 24.6 Å². The van der Waals surface area contributed by atoms with E-state index in [1.165, 1.54) is 35.2 Å². The zero-order chi connectivity index (χ0) is 32.6. The van der Waals surface area contributed by atoms with Crippen LogP contribution in [0.3, 0.4) is 0 Å². The summed E-state index contributed by atoms with van der Waals surface area (Å²) < 4.78 is 56.1. The van der Waals surface area contributed by atoms with Gasteiger partial charge in [0.05, 0.1) is 23.5 Å². The van der Waals surface area contributed by atoms with Gasteiger partial charge in [-0.05, 0) is 67.8 Å². The highest BCUT2D eigenvalue weighted by atomic mass is 19.4. The van der Waals surface area contributed by atoms with Crippen LogP contribution in [0.2, 0.25) is 0 Å². The summed E-state index contributed by atoms with van der Waals surface area (Å²) in [5.41, 5.74) is 1.38. The summed E-state index contributed by atoms with van der Waals surface area (Å²) in [4.78, 5) is 42.1. The highest BCUT2D eigenvalue weighted by molar-refractivity contribution is 6.05. The van der Waals surface area contributed by atoms with E-state index in [9.17, 15) is 31.9 Å². The molecule has 0 unspecified atom stereocenters. The fraction of sp³-hybridized carbons (Fsp3) is 0.235. The molecule has 8 nitrogen and oxygen atoms in total. The number of fused-ring (bicyclic) bond motifs is 1. The first-order chi connectivity index (χ1) is 22.1. The van der Waals surface area contributed by atoms with E-state index in [4.69, 9.17) is 5.10 Å². The van der Waals surface area contributed by atoms with Crippen molar-refractivity contribution in [3.8, 4) is 5.69 Å². The summed E-state index contributed by atoms with van der Waals surface area (Å²) >= 11 is 0. The number of carbonyl (C=O) groups excluding carboxylic acids is 3. The molecule has 6 rings (SSSR count). The monoisotopic (exact) mass is 631 g/mol. The normalized spacial score (nSPS) is 17.5. The van der Waals surface area contributed by atoms with Crippen LogP contribution in [0, 0.1) is 5.82 Å². The summed E-state index contributed by atoms with van der Waals surface area (Å²) in [6.07, 6.45) is -1.37. The molecule has 4 aromatic rings. The van der Waals surface area contributed by atoms with E-state index >= 15 is 0 Å². The lowest BCUT2D eigenvalue weighted by Crippen LogP contribution is -2.55. The lowest BCUT2D eigenvalue weighted by Gasteiger charge is -2.38. The van der Waals surface area contributed by atoms with Crippen LogP contribution in [0.25, 0.3) is 5.69 Å². The molecule has 0 radical (unpaired) electrons. The molecule has 46 heavy (non-hydrogen) atoms. The number of alkyl halides is 3. The molecule has 1 aliphatic heterocycles. The minimum absolute atomic E-state index is 0.0178. The van der Waals surface area contributed by atoms with Gasteiger partial charge in [-0.25, -0.2) is 9.07 Å². The Balaban J connectivity index is 1.50. The fourth-order valence-electron chi connectivity index (χ4n) is 5.82. The zero-order valence-electron chi connectivity index (χ0n) is 24.6. The number of carbonyl (C=O) groups is 3. The largest absolute Gasteiger partial charge is 0.416 e. The molecule has 0 spiro atoms. The summed E-state index contributed by atoms with van der Waals surface area (Å²) in [7, 11) is 0. The number of nitrogens with zero attached hydrogens (tertiary/aromatic N) is 3. The van der Waals surface area contributed by atoms with Gasteiger partial charge >= 0.3 is 6.18 Å². The average Bonchev–Trinajstić information content (AvgIpc) is 3.39. The molecule has 3 aromatic carbocycles. The maximum absolute atomic E-state index is 14.3. The van der Waals surface area contributed by atoms with Crippen molar-refractivity contribution in [3.63, 3.8) is 0 Å². The van der Waals surface area contributed by atoms with Crippen LogP contribution in [0.15, 0.2) is 90.5 Å². The standard InChI is InChI=1S/C34H29F4N5O3/c1-2-42-32-28(26(19-39-30(44)21-8-6-9-21)41-43(32)25-12-4-3-5-13-25)27(20-14-16-24(35)17-15-20)29(33(42)46)40-31(45)22-10-7-11-23(18-22)34(36,37)38/h3-5,7-8,10-18,27,29H,2,6,9,19H2,1H3,(H,39,44)(H,40,45)/t27-,29-/m0/s1. The van der Waals surface area contributed by atoms with Gasteiger partial charge in [0.25, 0.3) is 11.8 Å². The van der Waals surface area contributed by atoms with Gasteiger partial charge in [-0.15, -0.1) is 0 Å². The third-order valence-corrected chi connectivity index (χ3v) is 8.20. The van der Waals surface area contributed by atoms with Crippen LogP contribution in [-0.2, 0) is 22.3 Å². The van der Waals surface area contributed by atoms with E-state index in [-0.39, 0.29) is 24.6 Å². The number of amides is 3. The topological polar surface area (TPSA) is 96.3 Å². The second kappa shape index (κ2) is 12.3. The number of hydrogen-bond acceptors (Lipinski definition) is 4. The van der Waals surface area contributed by atoms with E-state index < -0.39 is 41.3 Å². The second-order valence-electron chi connectivity index (χ2n) is 11.0. The lowest BCUT2D eigenvalue weighted by molar-refractivity contribution is -0.137. The Morgan fingerprint density at radius 2 is 1.70 bits per heavy atom. The van der Waals surface area contributed by atoms with Crippen molar-refractivity contribution in [2.24, 2.45) is 0 Å². The van der Waals surface area contributed by atoms with Crippen LogP contribution < -0.4 is 15.5 Å². The predicted octanol–water partition coefficient (Wildman–Crippen LogP) is 5.66. The number of hydrogen-bond donors (Lipinski definition) is 2. The lowest BCUT2D eigenvalue weighted by atomic mass is 9.80. The smallest absolute Gasteiger partial charge is 0.347 e. The molecule has 1 aliphatic carbocycles. The van der Waals surface area contributed by atoms with Crippen LogP contribution in [0.5, 0.6) is 0 Å². The number of nitrogens with one attached hydrogen (secondary N) is 2. The Kier molecular flexibility index (Phi) is 8.20. The summed E-state index contributed by atoms with van der Waals surface area (Å²) in [5, 5.41) is 10.4. The van der Waals surface area contributed by atoms with Crippen molar-refractivity contribution in [1.82, 2.24) is 20.4 Å². The molecule has 0 saturated carbocycles. The van der Waals surface area contributed by atoms with Crippen molar-refractivity contribution in [2.75, 3.05) is 11.4 Å². The summed E-state index contributed by atoms with van der Waals surface area (Å²) in [5.74, 6) is -2.72. The van der Waals surface area contributed by atoms with Crippen LogP contribution in [0.1, 0.15) is 58.4 Å². The van der Waals surface area contributed by atoms with Gasteiger partial charge in [-0.1, -0.05) is 42.5 Å². The number of para-hydroxylation sites is 1. The first-order valence-corrected chi connectivity index (χ1v) is 14.8. The number of anilines is 1. The SMILES string of the molecule is CCN1C(=O)[C@@H](NC(=O)c2cccc(C(F)(F)F)c2)[C@@H](c2ccc(F)cc2)c2c(CNC(=O)C3=CCC3)nn(-c3ccccc3)c21. The maximum atomic E-state index is 14.3. The minimum Gasteiger partial charge on any atom is -0.347 e. The Bertz CT molecular complexity index is 1830. The van der Waals surface area contributed by atoms with E-state index in [0.29, 0.717) is 40.3 Å². The Morgan fingerprint density at radius 3 is 2.33 bits per heavy atom. The highest BCUT2D eigenvalue weighted by Gasteiger charge is 2.46. The molecular weight excluding hydrogens is 602 g/mol. The molecule has 1 aromatic heterocycles. The molecule has 12 heteroatoms. The molecule has 0 fully saturated rings. The van der Waals surface area contributed by atoms with Gasteiger partial charge < -0.3 is 10.6 Å². The Morgan fingerprint density at radius 1 is 0.978 bits per heavy atom. The maximum Gasteiger partial charge on any atom is 0.416 e. The predicted molar refractivity (Wildman–Crippen MR) is 162 cm³/mol. The number of halogens is 4. The van der Waals surface area contributed by atoms with E-state index in [1.54, 1.807) is 11.6 Å². The molecule has 2 atom stereocenters. The van der Waals surface area contributed by atoms with Gasteiger partial charge in [0.15, 0.2) is 0 Å². The van der Waals surface area contributed by atoms with Crippen LogP contribution in [0.4, 0.5) is 23.4 Å². The molecule has 2 N–H and O–H groups in total. The fourth-order valence-corrected chi connectivity index (χ4v) is 5.82. The first-order valence-electron chi connectivity index (χ1n) is 14.8. The van der Waals surface area contributed by atoms with Crippen LogP contribution >= 0.6 is 0 Å². The van der Waals surface area contributed by atoms with Gasteiger partial charge in [-0.2, -0.15) is 18.3 Å². The van der Waals surface area contributed by atoms with Gasteiger partial charge in [0.1, 0.15) is 17.7 Å². The highest BCUT2D eigenvalue weighted by Crippen LogP contribution is 2.44. The molecule has 0 bridgehead atoms. The van der Waals surface area contributed by atoms with Crippen molar-refractivity contribution >= 4 is 23.5 Å². The Hall–Kier alpha value is -5.26. The minimum atomic E-state index is -4.68. The number of rotatable bonds is 8. The first kappa shape index (κ1) is 30.8. The molecule has 236 valence electrons. The van der Waals surface area contributed by atoms with Crippen molar-refractivity contribution in [2.45, 2.75) is 44.4 Å². The van der Waals surface area contributed by atoms with Crippen molar-refractivity contribution in [3.05, 3.63) is 124 Å². The van der Waals surface area contributed by atoms with E-state index in [2.05, 4.69) is 10.6 Å². The van der Waals surface area contributed by atoms with E-state index in [1.807, 2.05) is 36.4 Å². The van der Waals surface area contributed by atoms with Crippen LogP contribution in [-0.4, -0.2) is 40.1 Å². The summed E-state index contributed by atoms with van der Waals surface area (Å²) in [6, 6.07) is 17.1. The quantitative estimate of drug-likeness (QED) is 0.245. The third-order valence-electron chi connectivity index (χ3n) is 8.20. The molecule has 2 heterocycles. The van der Waals surface area contributed by atoms with Gasteiger partial charge in [-0.3, -0.25) is 19.3 Å². The molecular formula is C34H29F4N5O3. The number of allylic oxidation sites excluding steroid dienone is 1. The molecule has 0 saturated heterocycles. The molecule has 3 amide bonds. The molecule has 2 aliphatic rings. The third kappa shape index (κ3) is 5.78. The average molecular weight is 632 g/mol.